The van der Waals surface area contributed by atoms with Gasteiger partial charge in [-0.05, 0) is 57.4 Å². The molecule has 1 aromatic rings. The lowest BCUT2D eigenvalue weighted by Crippen LogP contribution is -2.34. The third-order valence-corrected chi connectivity index (χ3v) is 3.10. The van der Waals surface area contributed by atoms with Crippen LogP contribution in [0.15, 0.2) is 18.2 Å². The molecule has 0 bridgehead atoms. The Labute approximate surface area is 136 Å². The first-order valence-electron chi connectivity index (χ1n) is 7.18. The average Bonchev–Trinajstić information content (AvgIpc) is 2.34. The first-order chi connectivity index (χ1) is 10.1. The first-order valence-corrected chi connectivity index (χ1v) is 7.56. The van der Waals surface area contributed by atoms with Gasteiger partial charge in [0.15, 0.2) is 0 Å². The highest BCUT2D eigenvalue weighted by molar-refractivity contribution is 6.30. The number of hydrogen-bond acceptors (Lipinski definition) is 4. The summed E-state index contributed by atoms with van der Waals surface area (Å²) >= 11 is 5.94. The summed E-state index contributed by atoms with van der Waals surface area (Å²) in [6.45, 7) is 7.37. The first kappa shape index (κ1) is 18.7. The fraction of sp³-hybridized carbons (Fsp3) is 0.562. The van der Waals surface area contributed by atoms with E-state index in [9.17, 15) is 15.0 Å². The summed E-state index contributed by atoms with van der Waals surface area (Å²) in [5.41, 5.74) is 0.885. The quantitative estimate of drug-likeness (QED) is 0.776. The van der Waals surface area contributed by atoms with Crippen LogP contribution in [0, 0.1) is 6.92 Å². The van der Waals surface area contributed by atoms with E-state index in [1.54, 1.807) is 39.0 Å². The summed E-state index contributed by atoms with van der Waals surface area (Å²) < 4.78 is 5.08. The predicted molar refractivity (Wildman–Crippen MR) is 86.0 cm³/mol. The van der Waals surface area contributed by atoms with Gasteiger partial charge < -0.3 is 20.3 Å². The number of benzene rings is 1. The van der Waals surface area contributed by atoms with Crippen LogP contribution < -0.4 is 5.32 Å². The van der Waals surface area contributed by atoms with Crippen molar-refractivity contribution in [1.82, 2.24) is 5.32 Å². The zero-order valence-corrected chi connectivity index (χ0v) is 14.1. The Balaban J connectivity index is 2.48. The van der Waals surface area contributed by atoms with E-state index in [4.69, 9.17) is 16.3 Å². The number of halogens is 1. The largest absolute Gasteiger partial charge is 0.444 e. The second kappa shape index (κ2) is 7.81. The smallest absolute Gasteiger partial charge is 0.407 e. The van der Waals surface area contributed by atoms with Gasteiger partial charge in [0, 0.05) is 11.6 Å². The second-order valence-corrected chi connectivity index (χ2v) is 6.73. The van der Waals surface area contributed by atoms with Crippen molar-refractivity contribution >= 4 is 17.7 Å². The van der Waals surface area contributed by atoms with Crippen molar-refractivity contribution in [3.05, 3.63) is 34.3 Å². The van der Waals surface area contributed by atoms with Gasteiger partial charge in [0.2, 0.25) is 0 Å². The lowest BCUT2D eigenvalue weighted by molar-refractivity contribution is 0.0123. The van der Waals surface area contributed by atoms with Crippen LogP contribution in [0.25, 0.3) is 0 Å². The Morgan fingerprint density at radius 1 is 1.32 bits per heavy atom. The Kier molecular flexibility index (Phi) is 6.66. The molecule has 1 rings (SSSR count). The van der Waals surface area contributed by atoms with E-state index in [0.29, 0.717) is 10.6 Å². The third-order valence-electron chi connectivity index (χ3n) is 2.88. The van der Waals surface area contributed by atoms with Crippen LogP contribution in [0.1, 0.15) is 44.4 Å². The van der Waals surface area contributed by atoms with Crippen LogP contribution >= 0.6 is 11.6 Å². The molecule has 22 heavy (non-hydrogen) atoms. The molecule has 0 saturated carbocycles. The van der Waals surface area contributed by atoms with Crippen molar-refractivity contribution in [2.45, 2.75) is 51.9 Å². The molecule has 0 heterocycles. The molecule has 0 radical (unpaired) electrons. The zero-order valence-electron chi connectivity index (χ0n) is 13.4. The minimum atomic E-state index is -1.06. The highest BCUT2D eigenvalue weighted by Gasteiger charge is 2.20. The molecule has 0 spiro atoms. The number of aliphatic hydroxyl groups excluding tert-OH is 2. The fourth-order valence-electron chi connectivity index (χ4n) is 1.95. The van der Waals surface area contributed by atoms with Gasteiger partial charge in [0.25, 0.3) is 0 Å². The highest BCUT2D eigenvalue weighted by atomic mass is 35.5. The number of hydrogen-bond donors (Lipinski definition) is 3. The number of ether oxygens (including phenoxy) is 1. The van der Waals surface area contributed by atoms with E-state index < -0.39 is 23.9 Å². The maximum absolute atomic E-state index is 11.5. The predicted octanol–water partition coefficient (Wildman–Crippen LogP) is 2.96. The Bertz CT molecular complexity index is 493. The van der Waals surface area contributed by atoms with Crippen LogP contribution in [0.5, 0.6) is 0 Å². The molecular formula is C16H24ClNO4. The highest BCUT2D eigenvalue weighted by Crippen LogP contribution is 2.23. The Hall–Kier alpha value is -1.30. The molecule has 1 aromatic carbocycles. The number of aliphatic hydroxyl groups is 2. The Morgan fingerprint density at radius 2 is 1.95 bits per heavy atom. The van der Waals surface area contributed by atoms with E-state index in [2.05, 4.69) is 5.32 Å². The molecule has 3 N–H and O–H groups in total. The standard InChI is InChI=1S/C16H24ClNO4/c1-10-7-11(9-12(17)8-10)14(20)13(19)5-6-18-15(21)22-16(2,3)4/h7-9,13-14,19-20H,5-6H2,1-4H3,(H,18,21). The number of alkyl carbamates (subject to hydrolysis) is 1. The lowest BCUT2D eigenvalue weighted by atomic mass is 10.0. The maximum Gasteiger partial charge on any atom is 0.407 e. The van der Waals surface area contributed by atoms with Crippen molar-refractivity contribution in [3.63, 3.8) is 0 Å². The van der Waals surface area contributed by atoms with E-state index >= 15 is 0 Å². The summed E-state index contributed by atoms with van der Waals surface area (Å²) in [7, 11) is 0. The third kappa shape index (κ3) is 6.64. The molecule has 2 unspecified atom stereocenters. The normalized spacial score (nSPS) is 14.3. The van der Waals surface area contributed by atoms with Gasteiger partial charge in [0.05, 0.1) is 6.10 Å². The Morgan fingerprint density at radius 3 is 2.50 bits per heavy atom. The second-order valence-electron chi connectivity index (χ2n) is 6.29. The molecule has 0 saturated heterocycles. The van der Waals surface area contributed by atoms with Gasteiger partial charge in [-0.25, -0.2) is 4.79 Å². The molecule has 2 atom stereocenters. The summed E-state index contributed by atoms with van der Waals surface area (Å²) in [6, 6.07) is 5.15. The van der Waals surface area contributed by atoms with Crippen LogP contribution in [0.2, 0.25) is 5.02 Å². The van der Waals surface area contributed by atoms with Crippen LogP contribution in [0.3, 0.4) is 0 Å². The van der Waals surface area contributed by atoms with Crippen molar-refractivity contribution in [2.24, 2.45) is 0 Å². The lowest BCUT2D eigenvalue weighted by Gasteiger charge is -2.21. The monoisotopic (exact) mass is 329 g/mol. The summed E-state index contributed by atoms with van der Waals surface area (Å²) in [4.78, 5) is 11.5. The van der Waals surface area contributed by atoms with Gasteiger partial charge in [-0.2, -0.15) is 0 Å². The molecule has 0 aromatic heterocycles. The topological polar surface area (TPSA) is 78.8 Å². The fourth-order valence-corrected chi connectivity index (χ4v) is 2.25. The molecule has 5 nitrogen and oxygen atoms in total. The minimum absolute atomic E-state index is 0.200. The van der Waals surface area contributed by atoms with Crippen LogP contribution in [-0.4, -0.2) is 34.6 Å². The maximum atomic E-state index is 11.5. The molecule has 124 valence electrons. The van der Waals surface area contributed by atoms with Crippen molar-refractivity contribution in [2.75, 3.05) is 6.54 Å². The van der Waals surface area contributed by atoms with Crippen LogP contribution in [0.4, 0.5) is 4.79 Å². The van der Waals surface area contributed by atoms with Crippen molar-refractivity contribution in [3.8, 4) is 0 Å². The average molecular weight is 330 g/mol. The summed E-state index contributed by atoms with van der Waals surface area (Å²) in [6.07, 6.45) is -2.41. The molecule has 0 aliphatic carbocycles. The van der Waals surface area contributed by atoms with Crippen molar-refractivity contribution < 1.29 is 19.7 Å². The van der Waals surface area contributed by atoms with Gasteiger partial charge in [-0.1, -0.05) is 17.7 Å². The van der Waals surface area contributed by atoms with Gasteiger partial charge in [-0.15, -0.1) is 0 Å². The number of amides is 1. The van der Waals surface area contributed by atoms with E-state index in [-0.39, 0.29) is 13.0 Å². The molecule has 0 aliphatic rings. The zero-order chi connectivity index (χ0) is 16.9. The van der Waals surface area contributed by atoms with Crippen molar-refractivity contribution in [1.29, 1.82) is 0 Å². The van der Waals surface area contributed by atoms with Gasteiger partial charge in [-0.3, -0.25) is 0 Å². The summed E-state index contributed by atoms with van der Waals surface area (Å²) in [5.74, 6) is 0. The van der Waals surface area contributed by atoms with Gasteiger partial charge in [0.1, 0.15) is 11.7 Å². The van der Waals surface area contributed by atoms with E-state index in [1.165, 1.54) is 0 Å². The molecule has 0 fully saturated rings. The molecule has 6 heteroatoms. The molecule has 1 amide bonds. The number of rotatable bonds is 5. The van der Waals surface area contributed by atoms with E-state index in [1.807, 2.05) is 6.92 Å². The van der Waals surface area contributed by atoms with E-state index in [0.717, 1.165) is 5.56 Å². The number of nitrogens with one attached hydrogen (secondary N) is 1. The van der Waals surface area contributed by atoms with Gasteiger partial charge >= 0.3 is 6.09 Å². The molecule has 0 aliphatic heterocycles. The number of carbonyl (C=O) groups excluding carboxylic acids is 1. The SMILES string of the molecule is Cc1cc(Cl)cc(C(O)C(O)CCNC(=O)OC(C)(C)C)c1. The minimum Gasteiger partial charge on any atom is -0.444 e. The molecular weight excluding hydrogens is 306 g/mol. The number of aryl methyl sites for hydroxylation is 1. The number of carbonyl (C=O) groups is 1. The van der Waals surface area contributed by atoms with Crippen LogP contribution in [-0.2, 0) is 4.74 Å². The summed E-state index contributed by atoms with van der Waals surface area (Å²) in [5, 5.41) is 23.2.